The molecule has 5 nitrogen and oxygen atoms in total. The zero-order valence-corrected chi connectivity index (χ0v) is 18.2. The van der Waals surface area contributed by atoms with Crippen LogP contribution in [0, 0.1) is 12.7 Å². The van der Waals surface area contributed by atoms with E-state index in [-0.39, 0.29) is 18.0 Å². The lowest BCUT2D eigenvalue weighted by Gasteiger charge is -2.31. The van der Waals surface area contributed by atoms with Crippen molar-refractivity contribution in [1.29, 1.82) is 0 Å². The molecule has 0 bridgehead atoms. The van der Waals surface area contributed by atoms with Gasteiger partial charge in [0.05, 0.1) is 24.4 Å². The molecular formula is C24H33FN4O. The topological polar surface area (TPSA) is 59.9 Å². The first-order valence-electron chi connectivity index (χ1n) is 10.8. The quantitative estimate of drug-likeness (QED) is 0.497. The van der Waals surface area contributed by atoms with Gasteiger partial charge in [-0.2, -0.15) is 0 Å². The fraction of sp³-hybridized carbons (Fsp3) is 0.458. The van der Waals surface area contributed by atoms with E-state index in [0.717, 1.165) is 12.1 Å². The SMILES string of the molecule is CCNC(=NCc1ccc(N2CCC(O)CC2)c(F)c1)NC(C)c1ccccc1C. The van der Waals surface area contributed by atoms with Gasteiger partial charge in [0.15, 0.2) is 5.96 Å². The largest absolute Gasteiger partial charge is 0.393 e. The molecule has 0 radical (unpaired) electrons. The third kappa shape index (κ3) is 5.72. The first kappa shape index (κ1) is 22.1. The van der Waals surface area contributed by atoms with E-state index >= 15 is 0 Å². The summed E-state index contributed by atoms with van der Waals surface area (Å²) in [5.74, 6) is 0.480. The molecule has 1 aliphatic heterocycles. The summed E-state index contributed by atoms with van der Waals surface area (Å²) < 4.78 is 14.7. The maximum Gasteiger partial charge on any atom is 0.192 e. The van der Waals surface area contributed by atoms with E-state index in [0.29, 0.717) is 44.1 Å². The predicted octanol–water partition coefficient (Wildman–Crippen LogP) is 3.91. The second kappa shape index (κ2) is 10.4. The molecule has 0 amide bonds. The van der Waals surface area contributed by atoms with Crippen LogP contribution in [0.15, 0.2) is 47.5 Å². The van der Waals surface area contributed by atoms with Crippen molar-refractivity contribution in [3.8, 4) is 0 Å². The summed E-state index contributed by atoms with van der Waals surface area (Å²) in [6.07, 6.45) is 1.10. The number of aliphatic hydroxyl groups excluding tert-OH is 1. The van der Waals surface area contributed by atoms with Gasteiger partial charge in [0.2, 0.25) is 0 Å². The van der Waals surface area contributed by atoms with Crippen molar-refractivity contribution < 1.29 is 9.50 Å². The van der Waals surface area contributed by atoms with Crippen LogP contribution in [0.5, 0.6) is 0 Å². The summed E-state index contributed by atoms with van der Waals surface area (Å²) in [6.45, 7) is 8.75. The van der Waals surface area contributed by atoms with Crippen LogP contribution in [0.3, 0.4) is 0 Å². The lowest BCUT2D eigenvalue weighted by Crippen LogP contribution is -2.38. The molecule has 0 saturated carbocycles. The monoisotopic (exact) mass is 412 g/mol. The molecule has 0 spiro atoms. The highest BCUT2D eigenvalue weighted by Crippen LogP contribution is 2.24. The second-order valence-corrected chi connectivity index (χ2v) is 7.92. The smallest absolute Gasteiger partial charge is 0.192 e. The van der Waals surface area contributed by atoms with Crippen molar-refractivity contribution in [2.75, 3.05) is 24.5 Å². The van der Waals surface area contributed by atoms with Crippen LogP contribution >= 0.6 is 0 Å². The van der Waals surface area contributed by atoms with Crippen molar-refractivity contribution in [3.63, 3.8) is 0 Å². The minimum Gasteiger partial charge on any atom is -0.393 e. The van der Waals surface area contributed by atoms with Gasteiger partial charge in [-0.15, -0.1) is 0 Å². The Morgan fingerprint density at radius 2 is 1.97 bits per heavy atom. The minimum atomic E-state index is -0.267. The number of nitrogens with one attached hydrogen (secondary N) is 2. The molecule has 1 fully saturated rings. The van der Waals surface area contributed by atoms with E-state index < -0.39 is 0 Å². The molecule has 1 heterocycles. The summed E-state index contributed by atoms with van der Waals surface area (Å²) in [4.78, 5) is 6.66. The number of aliphatic imine (C=N–C) groups is 1. The van der Waals surface area contributed by atoms with E-state index in [9.17, 15) is 9.50 Å². The fourth-order valence-electron chi connectivity index (χ4n) is 3.86. The van der Waals surface area contributed by atoms with Crippen molar-refractivity contribution in [2.45, 2.75) is 52.3 Å². The lowest BCUT2D eigenvalue weighted by atomic mass is 10.0. The number of hydrogen-bond acceptors (Lipinski definition) is 3. The zero-order valence-electron chi connectivity index (χ0n) is 18.2. The highest BCUT2D eigenvalue weighted by molar-refractivity contribution is 5.80. The Hall–Kier alpha value is -2.60. The molecule has 3 rings (SSSR count). The lowest BCUT2D eigenvalue weighted by molar-refractivity contribution is 0.145. The van der Waals surface area contributed by atoms with E-state index in [1.54, 1.807) is 6.07 Å². The molecule has 1 aliphatic rings. The van der Waals surface area contributed by atoms with Crippen molar-refractivity contribution in [2.24, 2.45) is 4.99 Å². The highest BCUT2D eigenvalue weighted by atomic mass is 19.1. The number of hydrogen-bond donors (Lipinski definition) is 3. The van der Waals surface area contributed by atoms with E-state index in [4.69, 9.17) is 0 Å². The van der Waals surface area contributed by atoms with Gasteiger partial charge in [-0.1, -0.05) is 30.3 Å². The average Bonchev–Trinajstić information content (AvgIpc) is 2.73. The predicted molar refractivity (Wildman–Crippen MR) is 121 cm³/mol. The van der Waals surface area contributed by atoms with E-state index in [1.165, 1.54) is 11.1 Å². The third-order valence-electron chi connectivity index (χ3n) is 5.59. The molecular weight excluding hydrogens is 379 g/mol. The molecule has 2 aromatic rings. The summed E-state index contributed by atoms with van der Waals surface area (Å²) in [6, 6.07) is 13.7. The van der Waals surface area contributed by atoms with Gasteiger partial charge in [0.25, 0.3) is 0 Å². The van der Waals surface area contributed by atoms with Gasteiger partial charge in [0, 0.05) is 19.6 Å². The van der Waals surface area contributed by atoms with Gasteiger partial charge in [-0.3, -0.25) is 0 Å². The Bertz CT molecular complexity index is 862. The van der Waals surface area contributed by atoms with Gasteiger partial charge in [-0.25, -0.2) is 9.38 Å². The van der Waals surface area contributed by atoms with Crippen LogP contribution in [0.25, 0.3) is 0 Å². The van der Waals surface area contributed by atoms with Crippen molar-refractivity contribution >= 4 is 11.6 Å². The van der Waals surface area contributed by atoms with Crippen LogP contribution < -0.4 is 15.5 Å². The number of anilines is 1. The molecule has 1 unspecified atom stereocenters. The average molecular weight is 413 g/mol. The standard InChI is InChI=1S/C24H33FN4O/c1-4-26-24(28-18(3)21-8-6-5-7-17(21)2)27-16-19-9-10-23(22(25)15-19)29-13-11-20(30)12-14-29/h5-10,15,18,20,30H,4,11-14,16H2,1-3H3,(H2,26,27,28). The normalized spacial score (nSPS) is 16.4. The zero-order chi connectivity index (χ0) is 21.5. The third-order valence-corrected chi connectivity index (χ3v) is 5.59. The van der Waals surface area contributed by atoms with Crippen LogP contribution in [0.4, 0.5) is 10.1 Å². The van der Waals surface area contributed by atoms with E-state index in [2.05, 4.69) is 41.6 Å². The van der Waals surface area contributed by atoms with Gasteiger partial charge in [-0.05, 0) is 62.4 Å². The highest BCUT2D eigenvalue weighted by Gasteiger charge is 2.19. The summed E-state index contributed by atoms with van der Waals surface area (Å²) in [5, 5.41) is 16.4. The second-order valence-electron chi connectivity index (χ2n) is 7.92. The molecule has 1 saturated heterocycles. The number of nitrogens with zero attached hydrogens (tertiary/aromatic N) is 2. The molecule has 0 aromatic heterocycles. The minimum absolute atomic E-state index is 0.109. The first-order valence-corrected chi connectivity index (χ1v) is 10.8. The summed E-state index contributed by atoms with van der Waals surface area (Å²) in [5.41, 5.74) is 3.89. The number of halogens is 1. The fourth-order valence-corrected chi connectivity index (χ4v) is 3.86. The molecule has 6 heteroatoms. The number of guanidine groups is 1. The van der Waals surface area contributed by atoms with Crippen LogP contribution in [0.2, 0.25) is 0 Å². The molecule has 0 aliphatic carbocycles. The summed E-state index contributed by atoms with van der Waals surface area (Å²) in [7, 11) is 0. The maximum absolute atomic E-state index is 14.7. The number of aryl methyl sites for hydroxylation is 1. The Morgan fingerprint density at radius 1 is 1.23 bits per heavy atom. The Kier molecular flexibility index (Phi) is 7.69. The molecule has 162 valence electrons. The molecule has 3 N–H and O–H groups in total. The van der Waals surface area contributed by atoms with Crippen molar-refractivity contribution in [1.82, 2.24) is 10.6 Å². The first-order chi connectivity index (χ1) is 14.5. The number of rotatable bonds is 6. The van der Waals surface area contributed by atoms with Gasteiger partial charge in [0.1, 0.15) is 5.82 Å². The molecule has 1 atom stereocenters. The van der Waals surface area contributed by atoms with Crippen LogP contribution in [0.1, 0.15) is 49.4 Å². The number of aliphatic hydroxyl groups is 1. The van der Waals surface area contributed by atoms with Crippen LogP contribution in [-0.2, 0) is 6.54 Å². The molecule has 2 aromatic carbocycles. The van der Waals surface area contributed by atoms with Gasteiger partial charge >= 0.3 is 0 Å². The van der Waals surface area contributed by atoms with Crippen molar-refractivity contribution in [3.05, 3.63) is 65.0 Å². The summed E-state index contributed by atoms with van der Waals surface area (Å²) >= 11 is 0. The number of piperidine rings is 1. The van der Waals surface area contributed by atoms with Gasteiger partial charge < -0.3 is 20.6 Å². The molecule has 30 heavy (non-hydrogen) atoms. The van der Waals surface area contributed by atoms with Crippen LogP contribution in [-0.4, -0.2) is 36.8 Å². The Balaban J connectivity index is 1.67. The Morgan fingerprint density at radius 3 is 2.63 bits per heavy atom. The van der Waals surface area contributed by atoms with E-state index in [1.807, 2.05) is 36.1 Å². The maximum atomic E-state index is 14.7. The Labute approximate surface area is 179 Å². The number of benzene rings is 2.